The molecular formula is C21H18F2N2O3. The molecule has 2 aromatic carbocycles. The summed E-state index contributed by atoms with van der Waals surface area (Å²) < 4.78 is 32.1. The average molecular weight is 384 g/mol. The van der Waals surface area contributed by atoms with Crippen molar-refractivity contribution in [2.45, 2.75) is 19.4 Å². The molecule has 0 spiro atoms. The van der Waals surface area contributed by atoms with Crippen LogP contribution in [0.2, 0.25) is 0 Å². The van der Waals surface area contributed by atoms with Crippen LogP contribution in [0.15, 0.2) is 42.5 Å². The van der Waals surface area contributed by atoms with Crippen LogP contribution in [0.3, 0.4) is 0 Å². The van der Waals surface area contributed by atoms with Gasteiger partial charge in [-0.2, -0.15) is 5.26 Å². The van der Waals surface area contributed by atoms with E-state index >= 15 is 0 Å². The van der Waals surface area contributed by atoms with Gasteiger partial charge in [-0.05, 0) is 31.0 Å². The van der Waals surface area contributed by atoms with Gasteiger partial charge >= 0.3 is 5.97 Å². The summed E-state index contributed by atoms with van der Waals surface area (Å²) in [6, 6.07) is 11.8. The highest BCUT2D eigenvalue weighted by molar-refractivity contribution is 5.94. The fraction of sp³-hybridized carbons (Fsp3) is 0.286. The van der Waals surface area contributed by atoms with Gasteiger partial charge in [-0.1, -0.05) is 18.2 Å². The zero-order chi connectivity index (χ0) is 20.1. The molecular weight excluding hydrogens is 366 g/mol. The molecule has 1 amide bonds. The Morgan fingerprint density at radius 3 is 2.54 bits per heavy atom. The number of ether oxygens (including phenoxy) is 1. The number of hydrogen-bond donors (Lipinski definition) is 0. The molecule has 0 unspecified atom stereocenters. The second-order valence-corrected chi connectivity index (χ2v) is 6.57. The molecule has 1 aliphatic heterocycles. The van der Waals surface area contributed by atoms with Gasteiger partial charge in [-0.25, -0.2) is 8.78 Å². The van der Waals surface area contributed by atoms with E-state index in [1.54, 1.807) is 24.3 Å². The van der Waals surface area contributed by atoms with Crippen molar-refractivity contribution in [2.75, 3.05) is 13.1 Å². The van der Waals surface area contributed by atoms with Crippen LogP contribution in [0.4, 0.5) is 8.78 Å². The van der Waals surface area contributed by atoms with Crippen molar-refractivity contribution in [3.63, 3.8) is 0 Å². The quantitative estimate of drug-likeness (QED) is 0.758. The fourth-order valence-corrected chi connectivity index (χ4v) is 3.17. The molecule has 5 nitrogen and oxygen atoms in total. The molecule has 0 bridgehead atoms. The zero-order valence-electron chi connectivity index (χ0n) is 15.0. The first-order chi connectivity index (χ1) is 13.5. The highest BCUT2D eigenvalue weighted by Crippen LogP contribution is 2.22. The summed E-state index contributed by atoms with van der Waals surface area (Å²) in [7, 11) is 0. The van der Waals surface area contributed by atoms with E-state index in [0.717, 1.165) is 12.1 Å². The Hall–Kier alpha value is -3.27. The third-order valence-electron chi connectivity index (χ3n) is 4.78. The molecule has 3 rings (SSSR count). The van der Waals surface area contributed by atoms with Crippen LogP contribution in [0.1, 0.15) is 34.3 Å². The van der Waals surface area contributed by atoms with Crippen LogP contribution in [-0.2, 0) is 16.1 Å². The third kappa shape index (κ3) is 4.34. The predicted octanol–water partition coefficient (Wildman–Crippen LogP) is 3.43. The van der Waals surface area contributed by atoms with Crippen LogP contribution in [0, 0.1) is 28.9 Å². The summed E-state index contributed by atoms with van der Waals surface area (Å²) in [6.07, 6.45) is 0.792. The third-order valence-corrected chi connectivity index (χ3v) is 4.78. The van der Waals surface area contributed by atoms with Crippen molar-refractivity contribution in [1.82, 2.24) is 4.90 Å². The van der Waals surface area contributed by atoms with Gasteiger partial charge in [0.15, 0.2) is 0 Å². The minimum Gasteiger partial charge on any atom is -0.461 e. The smallest absolute Gasteiger partial charge is 0.309 e. The molecule has 1 heterocycles. The number of carbonyl (C=O) groups excluding carboxylic acids is 2. The number of likely N-dealkylation sites (tertiary alicyclic amines) is 1. The lowest BCUT2D eigenvalue weighted by atomic mass is 9.96. The number of hydrogen-bond acceptors (Lipinski definition) is 4. The lowest BCUT2D eigenvalue weighted by Gasteiger charge is -2.31. The van der Waals surface area contributed by atoms with E-state index in [1.165, 1.54) is 4.90 Å². The molecule has 0 atom stereocenters. The Labute approximate surface area is 161 Å². The Morgan fingerprint density at radius 2 is 1.86 bits per heavy atom. The Morgan fingerprint density at radius 1 is 1.14 bits per heavy atom. The van der Waals surface area contributed by atoms with E-state index in [2.05, 4.69) is 6.07 Å². The molecule has 1 aliphatic rings. The Bertz CT molecular complexity index is 931. The number of esters is 1. The monoisotopic (exact) mass is 384 g/mol. The molecule has 0 aliphatic carbocycles. The number of rotatable bonds is 4. The summed E-state index contributed by atoms with van der Waals surface area (Å²) >= 11 is 0. The summed E-state index contributed by atoms with van der Waals surface area (Å²) in [5, 5.41) is 9.07. The number of nitrogens with zero attached hydrogens (tertiary/aromatic N) is 2. The van der Waals surface area contributed by atoms with E-state index in [4.69, 9.17) is 10.00 Å². The van der Waals surface area contributed by atoms with Crippen LogP contribution in [-0.4, -0.2) is 29.9 Å². The Kier molecular flexibility index (Phi) is 5.99. The van der Waals surface area contributed by atoms with Gasteiger partial charge < -0.3 is 9.64 Å². The Balaban J connectivity index is 1.54. The second kappa shape index (κ2) is 8.61. The molecule has 7 heteroatoms. The SMILES string of the molecule is N#Cc1ccccc1COC(=O)C1CCN(C(=O)c2ccc(F)cc2F)CC1. The van der Waals surface area contributed by atoms with E-state index < -0.39 is 17.5 Å². The standard InChI is InChI=1S/C21H18F2N2O3/c22-17-5-6-18(19(23)11-17)20(26)25-9-7-14(8-10-25)21(27)28-13-16-4-2-1-3-15(16)12-24/h1-6,11,14H,7-10,13H2. The maximum atomic E-state index is 13.8. The number of halogens is 2. The first kappa shape index (κ1) is 19.5. The zero-order valence-corrected chi connectivity index (χ0v) is 15.0. The highest BCUT2D eigenvalue weighted by Gasteiger charge is 2.30. The van der Waals surface area contributed by atoms with Gasteiger partial charge in [0.05, 0.1) is 23.1 Å². The number of piperidine rings is 1. The minimum absolute atomic E-state index is 0.0164. The minimum atomic E-state index is -0.900. The lowest BCUT2D eigenvalue weighted by molar-refractivity contribution is -0.151. The predicted molar refractivity (Wildman–Crippen MR) is 95.9 cm³/mol. The topological polar surface area (TPSA) is 70.4 Å². The van der Waals surface area contributed by atoms with E-state index in [9.17, 15) is 18.4 Å². The molecule has 1 saturated heterocycles. The van der Waals surface area contributed by atoms with Crippen molar-refractivity contribution in [1.29, 1.82) is 5.26 Å². The molecule has 28 heavy (non-hydrogen) atoms. The molecule has 0 aromatic heterocycles. The van der Waals surface area contributed by atoms with Gasteiger partial charge in [0.1, 0.15) is 18.2 Å². The summed E-state index contributed by atoms with van der Waals surface area (Å²) in [5.74, 6) is -2.91. The summed E-state index contributed by atoms with van der Waals surface area (Å²) in [5.41, 5.74) is 0.908. The van der Waals surface area contributed by atoms with E-state index in [0.29, 0.717) is 30.0 Å². The maximum absolute atomic E-state index is 13.8. The van der Waals surface area contributed by atoms with Crippen molar-refractivity contribution in [2.24, 2.45) is 5.92 Å². The van der Waals surface area contributed by atoms with Gasteiger partial charge in [0, 0.05) is 24.7 Å². The molecule has 1 fully saturated rings. The average Bonchev–Trinajstić information content (AvgIpc) is 2.72. The summed E-state index contributed by atoms with van der Waals surface area (Å²) in [4.78, 5) is 26.2. The van der Waals surface area contributed by atoms with Crippen LogP contribution in [0.5, 0.6) is 0 Å². The van der Waals surface area contributed by atoms with Gasteiger partial charge in [0.2, 0.25) is 0 Å². The van der Waals surface area contributed by atoms with Crippen LogP contribution >= 0.6 is 0 Å². The number of amides is 1. The molecule has 0 radical (unpaired) electrons. The van der Waals surface area contributed by atoms with Crippen molar-refractivity contribution in [3.05, 3.63) is 70.8 Å². The van der Waals surface area contributed by atoms with Crippen molar-refractivity contribution in [3.8, 4) is 6.07 Å². The molecule has 2 aromatic rings. The summed E-state index contributed by atoms with van der Waals surface area (Å²) in [6.45, 7) is 0.580. The number of carbonyl (C=O) groups is 2. The molecule has 0 saturated carbocycles. The highest BCUT2D eigenvalue weighted by atomic mass is 19.1. The van der Waals surface area contributed by atoms with Crippen molar-refractivity contribution >= 4 is 11.9 Å². The van der Waals surface area contributed by atoms with Gasteiger partial charge in [0.25, 0.3) is 5.91 Å². The molecule has 144 valence electrons. The first-order valence-electron chi connectivity index (χ1n) is 8.88. The van der Waals surface area contributed by atoms with Crippen LogP contribution < -0.4 is 0 Å². The normalized spacial score (nSPS) is 14.4. The molecule has 0 N–H and O–H groups in total. The first-order valence-corrected chi connectivity index (χ1v) is 8.88. The second-order valence-electron chi connectivity index (χ2n) is 6.57. The number of benzene rings is 2. The number of nitriles is 1. The van der Waals surface area contributed by atoms with Crippen LogP contribution in [0.25, 0.3) is 0 Å². The van der Waals surface area contributed by atoms with Gasteiger partial charge in [-0.3, -0.25) is 9.59 Å². The fourth-order valence-electron chi connectivity index (χ4n) is 3.17. The van der Waals surface area contributed by atoms with E-state index in [1.807, 2.05) is 0 Å². The van der Waals surface area contributed by atoms with E-state index in [-0.39, 0.29) is 37.1 Å². The lowest BCUT2D eigenvalue weighted by Crippen LogP contribution is -2.41. The van der Waals surface area contributed by atoms with Gasteiger partial charge in [-0.15, -0.1) is 0 Å². The van der Waals surface area contributed by atoms with Crippen molar-refractivity contribution < 1.29 is 23.1 Å². The largest absolute Gasteiger partial charge is 0.461 e. The maximum Gasteiger partial charge on any atom is 0.309 e.